The summed E-state index contributed by atoms with van der Waals surface area (Å²) in [7, 11) is 1.69. The average molecular weight is 338 g/mol. The third-order valence-electron chi connectivity index (χ3n) is 3.44. The highest BCUT2D eigenvalue weighted by Gasteiger charge is 2.30. The molecule has 0 aromatic heterocycles. The molecule has 24 heavy (non-hydrogen) atoms. The minimum Gasteiger partial charge on any atom is -0.478 e. The Bertz CT molecular complexity index is 842. The first kappa shape index (κ1) is 16.0. The molecule has 1 amide bonds. The van der Waals surface area contributed by atoms with Gasteiger partial charge in [-0.15, -0.1) is 0 Å². The summed E-state index contributed by atoms with van der Waals surface area (Å²) in [5, 5.41) is 9.53. The molecule has 1 N–H and O–H groups in total. The summed E-state index contributed by atoms with van der Waals surface area (Å²) in [5.74, 6) is -1.10. The van der Waals surface area contributed by atoms with Gasteiger partial charge in [0.2, 0.25) is 0 Å². The van der Waals surface area contributed by atoms with Crippen molar-refractivity contribution in [2.75, 3.05) is 7.05 Å². The van der Waals surface area contributed by atoms with Crippen LogP contribution in [-0.2, 0) is 4.79 Å². The van der Waals surface area contributed by atoms with Crippen LogP contribution in [0.5, 0.6) is 0 Å². The SMILES string of the molecule is CN1C(=O)C(=Cc2ccc(C(=O)O)cc2)SC1=Nc1ccccc1. The smallest absolute Gasteiger partial charge is 0.335 e. The van der Waals surface area contributed by atoms with Crippen LogP contribution in [0.15, 0.2) is 64.5 Å². The van der Waals surface area contributed by atoms with Crippen LogP contribution in [0.25, 0.3) is 6.08 Å². The molecule has 2 aromatic rings. The molecule has 0 spiro atoms. The normalized spacial score (nSPS) is 17.7. The summed E-state index contributed by atoms with van der Waals surface area (Å²) < 4.78 is 0. The minimum absolute atomic E-state index is 0.128. The van der Waals surface area contributed by atoms with E-state index in [0.717, 1.165) is 11.3 Å². The van der Waals surface area contributed by atoms with Crippen LogP contribution in [0.4, 0.5) is 5.69 Å². The highest BCUT2D eigenvalue weighted by Crippen LogP contribution is 2.33. The van der Waals surface area contributed by atoms with Crippen LogP contribution in [-0.4, -0.2) is 34.1 Å². The van der Waals surface area contributed by atoms with E-state index in [1.54, 1.807) is 25.3 Å². The lowest BCUT2D eigenvalue weighted by molar-refractivity contribution is -0.121. The van der Waals surface area contributed by atoms with Crippen molar-refractivity contribution in [3.63, 3.8) is 0 Å². The van der Waals surface area contributed by atoms with E-state index in [1.807, 2.05) is 30.3 Å². The number of likely N-dealkylation sites (N-methyl/N-ethyl adjacent to an activating group) is 1. The van der Waals surface area contributed by atoms with Crippen LogP contribution in [0, 0.1) is 0 Å². The summed E-state index contributed by atoms with van der Waals surface area (Å²) in [5.41, 5.74) is 1.77. The van der Waals surface area contributed by atoms with E-state index in [0.29, 0.717) is 10.1 Å². The van der Waals surface area contributed by atoms with Gasteiger partial charge in [0.1, 0.15) is 0 Å². The molecule has 5 nitrogen and oxygen atoms in total. The summed E-state index contributed by atoms with van der Waals surface area (Å²) in [4.78, 5) is 29.8. The third kappa shape index (κ3) is 3.38. The molecular formula is C18H14N2O3S. The number of amidine groups is 1. The Kier molecular flexibility index (Phi) is 4.48. The predicted octanol–water partition coefficient (Wildman–Crippen LogP) is 3.62. The molecule has 0 unspecified atom stereocenters. The summed E-state index contributed by atoms with van der Waals surface area (Å²) >= 11 is 1.30. The van der Waals surface area contributed by atoms with Crippen LogP contribution in [0.1, 0.15) is 15.9 Å². The van der Waals surface area contributed by atoms with Gasteiger partial charge in [0, 0.05) is 7.05 Å². The number of carbonyl (C=O) groups excluding carboxylic acids is 1. The zero-order chi connectivity index (χ0) is 17.1. The van der Waals surface area contributed by atoms with E-state index in [-0.39, 0.29) is 11.5 Å². The average Bonchev–Trinajstić information content (AvgIpc) is 2.84. The first-order valence-electron chi connectivity index (χ1n) is 7.19. The van der Waals surface area contributed by atoms with Gasteiger partial charge in [-0.1, -0.05) is 30.3 Å². The number of benzene rings is 2. The molecule has 2 aromatic carbocycles. The van der Waals surface area contributed by atoms with E-state index >= 15 is 0 Å². The fourth-order valence-corrected chi connectivity index (χ4v) is 3.12. The van der Waals surface area contributed by atoms with E-state index in [1.165, 1.54) is 28.8 Å². The van der Waals surface area contributed by atoms with Crippen molar-refractivity contribution >= 4 is 40.6 Å². The lowest BCUT2D eigenvalue weighted by atomic mass is 10.1. The molecule has 0 atom stereocenters. The Morgan fingerprint density at radius 3 is 2.42 bits per heavy atom. The van der Waals surface area contributed by atoms with Crippen molar-refractivity contribution in [1.29, 1.82) is 0 Å². The fraction of sp³-hybridized carbons (Fsp3) is 0.0556. The molecule has 0 aliphatic carbocycles. The maximum atomic E-state index is 12.3. The second-order valence-corrected chi connectivity index (χ2v) is 6.14. The van der Waals surface area contributed by atoms with Crippen molar-refractivity contribution in [3.05, 3.63) is 70.6 Å². The summed E-state index contributed by atoms with van der Waals surface area (Å²) in [6.07, 6.45) is 1.74. The number of carboxylic acid groups (broad SMARTS) is 1. The molecule has 120 valence electrons. The summed E-state index contributed by atoms with van der Waals surface area (Å²) in [6.45, 7) is 0. The van der Waals surface area contributed by atoms with Crippen molar-refractivity contribution in [2.24, 2.45) is 4.99 Å². The lowest BCUT2D eigenvalue weighted by Crippen LogP contribution is -2.23. The molecule has 6 heteroatoms. The molecule has 3 rings (SSSR count). The molecular weight excluding hydrogens is 324 g/mol. The molecule has 1 aliphatic heterocycles. The van der Waals surface area contributed by atoms with Crippen molar-refractivity contribution < 1.29 is 14.7 Å². The van der Waals surface area contributed by atoms with Crippen molar-refractivity contribution in [2.45, 2.75) is 0 Å². The van der Waals surface area contributed by atoms with Gasteiger partial charge in [-0.25, -0.2) is 9.79 Å². The number of para-hydroxylation sites is 1. The highest BCUT2D eigenvalue weighted by atomic mass is 32.2. The Hall–Kier alpha value is -2.86. The molecule has 1 heterocycles. The second-order valence-electron chi connectivity index (χ2n) is 5.13. The number of rotatable bonds is 3. The Morgan fingerprint density at radius 1 is 1.12 bits per heavy atom. The predicted molar refractivity (Wildman–Crippen MR) is 95.3 cm³/mol. The topological polar surface area (TPSA) is 70.0 Å². The highest BCUT2D eigenvalue weighted by molar-refractivity contribution is 8.18. The second kappa shape index (κ2) is 6.72. The van der Waals surface area contributed by atoms with Crippen molar-refractivity contribution in [1.82, 2.24) is 4.90 Å². The maximum absolute atomic E-state index is 12.3. The summed E-state index contributed by atoms with van der Waals surface area (Å²) in [6, 6.07) is 15.8. The van der Waals surface area contributed by atoms with Gasteiger partial charge < -0.3 is 5.11 Å². The van der Waals surface area contributed by atoms with Gasteiger partial charge >= 0.3 is 5.97 Å². The van der Waals surface area contributed by atoms with Crippen LogP contribution in [0.2, 0.25) is 0 Å². The van der Waals surface area contributed by atoms with Gasteiger partial charge in [-0.2, -0.15) is 0 Å². The number of carbonyl (C=O) groups is 2. The maximum Gasteiger partial charge on any atom is 0.335 e. The Morgan fingerprint density at radius 2 is 1.79 bits per heavy atom. The fourth-order valence-electron chi connectivity index (χ4n) is 2.14. The quantitative estimate of drug-likeness (QED) is 0.868. The van der Waals surface area contributed by atoms with Gasteiger partial charge in [0.05, 0.1) is 16.2 Å². The standard InChI is InChI=1S/C18H14N2O3S/c1-20-16(21)15(11-12-7-9-13(10-8-12)17(22)23)24-18(20)19-14-5-3-2-4-6-14/h2-11H,1H3,(H,22,23). The van der Waals surface area contributed by atoms with Crippen LogP contribution in [0.3, 0.4) is 0 Å². The number of amides is 1. The third-order valence-corrected chi connectivity index (χ3v) is 4.50. The van der Waals surface area contributed by atoms with E-state index in [2.05, 4.69) is 4.99 Å². The monoisotopic (exact) mass is 338 g/mol. The Labute approximate surface area is 143 Å². The molecule has 1 fully saturated rings. The van der Waals surface area contributed by atoms with E-state index in [4.69, 9.17) is 5.11 Å². The van der Waals surface area contributed by atoms with Gasteiger partial charge in [-0.05, 0) is 47.7 Å². The van der Waals surface area contributed by atoms with Crippen molar-refractivity contribution in [3.8, 4) is 0 Å². The zero-order valence-corrected chi connectivity index (χ0v) is 13.7. The van der Waals surface area contributed by atoms with E-state index < -0.39 is 5.97 Å². The number of nitrogens with zero attached hydrogens (tertiary/aromatic N) is 2. The molecule has 1 saturated heterocycles. The zero-order valence-electron chi connectivity index (χ0n) is 12.8. The Balaban J connectivity index is 1.86. The lowest BCUT2D eigenvalue weighted by Gasteiger charge is -2.06. The van der Waals surface area contributed by atoms with Crippen LogP contribution < -0.4 is 0 Å². The van der Waals surface area contributed by atoms with Crippen LogP contribution >= 0.6 is 11.8 Å². The molecule has 1 aliphatic rings. The number of aromatic carboxylic acids is 1. The molecule has 0 radical (unpaired) electrons. The number of hydrogen-bond acceptors (Lipinski definition) is 4. The van der Waals surface area contributed by atoms with E-state index in [9.17, 15) is 9.59 Å². The van der Waals surface area contributed by atoms with Gasteiger partial charge in [0.15, 0.2) is 5.17 Å². The number of thioether (sulfide) groups is 1. The van der Waals surface area contributed by atoms with Gasteiger partial charge in [0.25, 0.3) is 5.91 Å². The minimum atomic E-state index is -0.975. The van der Waals surface area contributed by atoms with Gasteiger partial charge in [-0.3, -0.25) is 9.69 Å². The first-order valence-corrected chi connectivity index (χ1v) is 8.01. The largest absolute Gasteiger partial charge is 0.478 e. The molecule has 0 bridgehead atoms. The molecule has 0 saturated carbocycles. The number of hydrogen-bond donors (Lipinski definition) is 1. The number of aliphatic imine (C=N–C) groups is 1. The first-order chi connectivity index (χ1) is 11.5. The number of carboxylic acids is 1.